The van der Waals surface area contributed by atoms with Crippen molar-refractivity contribution in [3.05, 3.63) is 29.3 Å². The highest BCUT2D eigenvalue weighted by atomic mass is 16.3. The number of fused-ring (bicyclic) bond motifs is 1. The summed E-state index contributed by atoms with van der Waals surface area (Å²) in [6.45, 7) is 0.462. The topological polar surface area (TPSA) is 56.1 Å². The summed E-state index contributed by atoms with van der Waals surface area (Å²) in [5.41, 5.74) is 2.40. The molecule has 0 amide bonds. The Morgan fingerprint density at radius 3 is 3.00 bits per heavy atom. The summed E-state index contributed by atoms with van der Waals surface area (Å²) < 4.78 is 0. The molecule has 0 saturated heterocycles. The third-order valence-corrected chi connectivity index (χ3v) is 3.60. The maximum absolute atomic E-state index is 9.87. The van der Waals surface area contributed by atoms with Crippen molar-refractivity contribution in [3.8, 4) is 5.75 Å². The largest absolute Gasteiger partial charge is 0.508 e. The van der Waals surface area contributed by atoms with E-state index in [1.165, 1.54) is 11.1 Å². The minimum Gasteiger partial charge on any atom is -0.508 e. The number of aliphatic hydroxyl groups is 1. The number of aryl methyl sites for hydroxylation is 1. The number of hydrogen-bond acceptors (Lipinski definition) is 4. The van der Waals surface area contributed by atoms with E-state index in [1.807, 2.05) is 17.0 Å². The first kappa shape index (κ1) is 10.6. The van der Waals surface area contributed by atoms with E-state index in [0.29, 0.717) is 12.3 Å². The first-order valence-corrected chi connectivity index (χ1v) is 6.03. The minimum absolute atomic E-state index is 0.195. The van der Waals surface area contributed by atoms with E-state index >= 15 is 0 Å². The fraction of sp³-hybridized carbons (Fsp3) is 0.462. The summed E-state index contributed by atoms with van der Waals surface area (Å²) in [4.78, 5) is 6.04. The average molecular weight is 232 g/mol. The number of phenols is 1. The number of aromatic hydroxyl groups is 1. The lowest BCUT2D eigenvalue weighted by Crippen LogP contribution is -2.36. The number of rotatable bonds is 1. The maximum Gasteiger partial charge on any atom is 0.147 e. The highest BCUT2D eigenvalue weighted by molar-refractivity contribution is 5.59. The normalized spacial score (nSPS) is 27.2. The SMILES string of the molecule is Oc1ccc2c(c1)CCCC2N1C=NCC1O. The molecule has 0 radical (unpaired) electrons. The molecule has 1 aromatic carbocycles. The van der Waals surface area contributed by atoms with Crippen LogP contribution < -0.4 is 0 Å². The molecule has 2 unspecified atom stereocenters. The van der Waals surface area contributed by atoms with Crippen molar-refractivity contribution in [2.24, 2.45) is 4.99 Å². The number of aliphatic hydroxyl groups excluding tert-OH is 1. The predicted octanol–water partition coefficient (Wildman–Crippen LogP) is 1.43. The van der Waals surface area contributed by atoms with Gasteiger partial charge >= 0.3 is 0 Å². The maximum atomic E-state index is 9.87. The molecule has 90 valence electrons. The molecule has 2 N–H and O–H groups in total. The van der Waals surface area contributed by atoms with Gasteiger partial charge in [-0.15, -0.1) is 0 Å². The van der Waals surface area contributed by atoms with Gasteiger partial charge in [0.25, 0.3) is 0 Å². The molecule has 0 saturated carbocycles. The highest BCUT2D eigenvalue weighted by Crippen LogP contribution is 2.36. The average Bonchev–Trinajstić information content (AvgIpc) is 2.74. The van der Waals surface area contributed by atoms with Gasteiger partial charge in [0, 0.05) is 0 Å². The molecule has 4 nitrogen and oxygen atoms in total. The lowest BCUT2D eigenvalue weighted by Gasteiger charge is -2.34. The van der Waals surface area contributed by atoms with Crippen molar-refractivity contribution in [2.75, 3.05) is 6.54 Å². The van der Waals surface area contributed by atoms with Crippen molar-refractivity contribution in [2.45, 2.75) is 31.5 Å². The van der Waals surface area contributed by atoms with Crippen LogP contribution in [0.5, 0.6) is 5.75 Å². The third-order valence-electron chi connectivity index (χ3n) is 3.60. The van der Waals surface area contributed by atoms with Gasteiger partial charge in [0.2, 0.25) is 0 Å². The molecule has 4 heteroatoms. The second kappa shape index (κ2) is 4.04. The van der Waals surface area contributed by atoms with Crippen LogP contribution in [0.2, 0.25) is 0 Å². The molecular formula is C13H16N2O2. The second-order valence-corrected chi connectivity index (χ2v) is 4.70. The molecule has 17 heavy (non-hydrogen) atoms. The van der Waals surface area contributed by atoms with Crippen LogP contribution in [0, 0.1) is 0 Å². The molecule has 1 aliphatic heterocycles. The van der Waals surface area contributed by atoms with Gasteiger partial charge in [0.05, 0.1) is 18.9 Å². The fourth-order valence-electron chi connectivity index (χ4n) is 2.78. The number of phenolic OH excluding ortho intramolecular Hbond substituents is 1. The van der Waals surface area contributed by atoms with Gasteiger partial charge in [-0.05, 0) is 42.5 Å². The van der Waals surface area contributed by atoms with Gasteiger partial charge in [-0.1, -0.05) is 6.07 Å². The van der Waals surface area contributed by atoms with Gasteiger partial charge in [0.15, 0.2) is 0 Å². The summed E-state index contributed by atoms with van der Waals surface area (Å²) in [5.74, 6) is 0.319. The zero-order valence-corrected chi connectivity index (χ0v) is 9.58. The van der Waals surface area contributed by atoms with E-state index in [4.69, 9.17) is 0 Å². The summed E-state index contributed by atoms with van der Waals surface area (Å²) in [5, 5.41) is 19.4. The van der Waals surface area contributed by atoms with Crippen LogP contribution in [0.1, 0.15) is 30.0 Å². The molecule has 0 spiro atoms. The fourth-order valence-corrected chi connectivity index (χ4v) is 2.78. The molecule has 1 aromatic rings. The lowest BCUT2D eigenvalue weighted by molar-refractivity contribution is 0.0461. The Hall–Kier alpha value is -1.55. The molecule has 2 aliphatic rings. The van der Waals surface area contributed by atoms with Crippen LogP contribution >= 0.6 is 0 Å². The Morgan fingerprint density at radius 2 is 2.24 bits per heavy atom. The lowest BCUT2D eigenvalue weighted by atomic mass is 9.86. The van der Waals surface area contributed by atoms with Crippen molar-refractivity contribution in [1.29, 1.82) is 0 Å². The number of aliphatic imine (C=N–C) groups is 1. The van der Waals surface area contributed by atoms with E-state index < -0.39 is 6.23 Å². The zero-order chi connectivity index (χ0) is 11.8. The molecule has 0 aromatic heterocycles. The van der Waals surface area contributed by atoms with E-state index in [2.05, 4.69) is 4.99 Å². The summed E-state index contributed by atoms with van der Waals surface area (Å²) in [6, 6.07) is 5.71. The Bertz CT molecular complexity index is 459. The molecule has 0 fully saturated rings. The van der Waals surface area contributed by atoms with Crippen LogP contribution in [0.4, 0.5) is 0 Å². The Morgan fingerprint density at radius 1 is 1.35 bits per heavy atom. The van der Waals surface area contributed by atoms with Gasteiger partial charge < -0.3 is 15.1 Å². The molecule has 0 bridgehead atoms. The summed E-state index contributed by atoms with van der Waals surface area (Å²) >= 11 is 0. The van der Waals surface area contributed by atoms with Crippen LogP contribution in [0.15, 0.2) is 23.2 Å². The monoisotopic (exact) mass is 232 g/mol. The van der Waals surface area contributed by atoms with Gasteiger partial charge in [-0.3, -0.25) is 4.99 Å². The van der Waals surface area contributed by atoms with E-state index in [1.54, 1.807) is 12.4 Å². The van der Waals surface area contributed by atoms with Crippen LogP contribution in [-0.2, 0) is 6.42 Å². The zero-order valence-electron chi connectivity index (χ0n) is 9.58. The molecule has 3 rings (SSSR count). The van der Waals surface area contributed by atoms with Crippen LogP contribution in [-0.4, -0.2) is 34.2 Å². The molecular weight excluding hydrogens is 216 g/mol. The standard InChI is InChI=1S/C13H16N2O2/c16-10-4-5-11-9(6-10)2-1-3-12(11)15-8-14-7-13(15)17/h4-6,8,12-13,16-17H,1-3,7H2. The quantitative estimate of drug-likeness (QED) is 0.770. The van der Waals surface area contributed by atoms with Crippen molar-refractivity contribution >= 4 is 6.34 Å². The third kappa shape index (κ3) is 1.78. The van der Waals surface area contributed by atoms with Crippen molar-refractivity contribution < 1.29 is 10.2 Å². The number of nitrogens with zero attached hydrogens (tertiary/aromatic N) is 2. The molecule has 2 atom stereocenters. The van der Waals surface area contributed by atoms with Crippen LogP contribution in [0.25, 0.3) is 0 Å². The van der Waals surface area contributed by atoms with Crippen LogP contribution in [0.3, 0.4) is 0 Å². The smallest absolute Gasteiger partial charge is 0.147 e. The first-order chi connectivity index (χ1) is 8.25. The van der Waals surface area contributed by atoms with E-state index in [-0.39, 0.29) is 6.04 Å². The Labute approximate surface area is 100 Å². The Kier molecular flexibility index (Phi) is 2.52. The molecule has 1 aliphatic carbocycles. The van der Waals surface area contributed by atoms with Gasteiger partial charge in [0.1, 0.15) is 12.0 Å². The minimum atomic E-state index is -0.500. The second-order valence-electron chi connectivity index (χ2n) is 4.70. The van der Waals surface area contributed by atoms with E-state index in [0.717, 1.165) is 19.3 Å². The summed E-state index contributed by atoms with van der Waals surface area (Å²) in [7, 11) is 0. The van der Waals surface area contributed by atoms with Crippen molar-refractivity contribution in [1.82, 2.24) is 4.90 Å². The van der Waals surface area contributed by atoms with Crippen molar-refractivity contribution in [3.63, 3.8) is 0 Å². The Balaban J connectivity index is 1.96. The predicted molar refractivity (Wildman–Crippen MR) is 65.0 cm³/mol. The van der Waals surface area contributed by atoms with Gasteiger partial charge in [-0.25, -0.2) is 0 Å². The highest BCUT2D eigenvalue weighted by Gasteiger charge is 2.30. The van der Waals surface area contributed by atoms with Gasteiger partial charge in [-0.2, -0.15) is 0 Å². The summed E-state index contributed by atoms with van der Waals surface area (Å²) in [6.07, 6.45) is 4.36. The van der Waals surface area contributed by atoms with E-state index in [9.17, 15) is 10.2 Å². The number of benzene rings is 1. The number of hydrogen-bond donors (Lipinski definition) is 2. The molecule has 1 heterocycles. The first-order valence-electron chi connectivity index (χ1n) is 6.03.